The van der Waals surface area contributed by atoms with E-state index in [0.29, 0.717) is 0 Å². The molecule has 0 amide bonds. The van der Waals surface area contributed by atoms with Crippen LogP contribution in [0.3, 0.4) is 0 Å². The number of carbonyl (C=O) groups excluding carboxylic acids is 1. The van der Waals surface area contributed by atoms with Crippen LogP contribution in [0, 0.1) is 0 Å². The third kappa shape index (κ3) is 3.36. The predicted molar refractivity (Wildman–Crippen MR) is 46.4 cm³/mol. The molecular weight excluding hydrogens is 248 g/mol. The molecule has 0 rings (SSSR count). The van der Waals surface area contributed by atoms with E-state index in [2.05, 4.69) is 31.9 Å². The molecular formula is C6H10Br2O. The fourth-order valence-corrected chi connectivity index (χ4v) is 1.88. The van der Waals surface area contributed by atoms with Gasteiger partial charge in [-0.2, -0.15) is 0 Å². The minimum absolute atomic E-state index is 0.182. The highest BCUT2D eigenvalue weighted by molar-refractivity contribution is 9.10. The number of rotatable bonds is 3. The summed E-state index contributed by atoms with van der Waals surface area (Å²) in [6.07, 6.45) is 0.836. The van der Waals surface area contributed by atoms with Crippen molar-refractivity contribution < 1.29 is 4.79 Å². The second kappa shape index (κ2) is 3.71. The lowest BCUT2D eigenvalue weighted by Crippen LogP contribution is -2.25. The smallest absolute Gasteiger partial charge is 0.146 e. The number of carbonyl (C=O) groups is 1. The van der Waals surface area contributed by atoms with Crippen LogP contribution in [0.15, 0.2) is 0 Å². The fourth-order valence-electron chi connectivity index (χ4n) is 0.353. The van der Waals surface area contributed by atoms with Crippen LogP contribution in [0.1, 0.15) is 20.3 Å². The molecule has 0 aliphatic rings. The molecule has 0 heterocycles. The maximum Gasteiger partial charge on any atom is 0.146 e. The molecule has 3 heteroatoms. The SMILES string of the molecule is CC(=O)C(C)(Br)CCBr. The number of Topliss-reactive ketones (excluding diaryl/α,β-unsaturated/α-hetero) is 1. The van der Waals surface area contributed by atoms with Crippen LogP contribution < -0.4 is 0 Å². The van der Waals surface area contributed by atoms with E-state index in [1.54, 1.807) is 6.92 Å². The van der Waals surface area contributed by atoms with E-state index in [4.69, 9.17) is 0 Å². The summed E-state index contributed by atoms with van der Waals surface area (Å²) in [7, 11) is 0. The molecule has 0 fully saturated rings. The molecule has 1 atom stereocenters. The van der Waals surface area contributed by atoms with Crippen molar-refractivity contribution >= 4 is 37.6 Å². The van der Waals surface area contributed by atoms with Crippen LogP contribution in [-0.4, -0.2) is 15.4 Å². The zero-order valence-electron chi connectivity index (χ0n) is 5.58. The summed E-state index contributed by atoms with van der Waals surface area (Å²) in [6, 6.07) is 0. The van der Waals surface area contributed by atoms with E-state index in [-0.39, 0.29) is 10.1 Å². The van der Waals surface area contributed by atoms with Crippen LogP contribution in [0.25, 0.3) is 0 Å². The molecule has 0 aromatic rings. The van der Waals surface area contributed by atoms with E-state index in [1.807, 2.05) is 6.92 Å². The van der Waals surface area contributed by atoms with Crippen molar-refractivity contribution in [2.45, 2.75) is 24.6 Å². The summed E-state index contributed by atoms with van der Waals surface area (Å²) in [4.78, 5) is 10.8. The van der Waals surface area contributed by atoms with E-state index in [1.165, 1.54) is 0 Å². The van der Waals surface area contributed by atoms with Crippen LogP contribution >= 0.6 is 31.9 Å². The van der Waals surface area contributed by atoms with Crippen LogP contribution in [0.2, 0.25) is 0 Å². The van der Waals surface area contributed by atoms with Crippen LogP contribution in [0.4, 0.5) is 0 Å². The molecule has 0 bridgehead atoms. The van der Waals surface area contributed by atoms with E-state index in [9.17, 15) is 4.79 Å². The van der Waals surface area contributed by atoms with Crippen molar-refractivity contribution in [3.8, 4) is 0 Å². The van der Waals surface area contributed by atoms with Crippen molar-refractivity contribution in [1.29, 1.82) is 0 Å². The van der Waals surface area contributed by atoms with Gasteiger partial charge in [0.15, 0.2) is 0 Å². The Labute approximate surface area is 72.5 Å². The van der Waals surface area contributed by atoms with E-state index < -0.39 is 0 Å². The summed E-state index contributed by atoms with van der Waals surface area (Å²) in [6.45, 7) is 3.48. The molecule has 1 nitrogen and oxygen atoms in total. The van der Waals surface area contributed by atoms with Gasteiger partial charge in [0.25, 0.3) is 0 Å². The van der Waals surface area contributed by atoms with Gasteiger partial charge in [0.1, 0.15) is 5.78 Å². The van der Waals surface area contributed by atoms with Gasteiger partial charge in [-0.1, -0.05) is 31.9 Å². The van der Waals surface area contributed by atoms with Gasteiger partial charge in [0, 0.05) is 5.33 Å². The molecule has 0 aromatic carbocycles. The highest BCUT2D eigenvalue weighted by Crippen LogP contribution is 2.23. The lowest BCUT2D eigenvalue weighted by Gasteiger charge is -2.16. The molecule has 54 valence electrons. The van der Waals surface area contributed by atoms with Gasteiger partial charge < -0.3 is 0 Å². The molecule has 0 aliphatic carbocycles. The number of halogens is 2. The second-order valence-electron chi connectivity index (χ2n) is 2.19. The molecule has 0 saturated carbocycles. The Morgan fingerprint density at radius 3 is 2.22 bits per heavy atom. The molecule has 0 saturated heterocycles. The summed E-state index contributed by atoms with van der Waals surface area (Å²) < 4.78 is -0.323. The van der Waals surface area contributed by atoms with Crippen molar-refractivity contribution in [2.75, 3.05) is 5.33 Å². The first-order valence-electron chi connectivity index (χ1n) is 2.76. The minimum atomic E-state index is -0.323. The van der Waals surface area contributed by atoms with Gasteiger partial charge in [-0.25, -0.2) is 0 Å². The standard InChI is InChI=1S/C6H10Br2O/c1-5(9)6(2,8)3-4-7/h3-4H2,1-2H3. The van der Waals surface area contributed by atoms with Crippen LogP contribution in [0.5, 0.6) is 0 Å². The van der Waals surface area contributed by atoms with E-state index >= 15 is 0 Å². The highest BCUT2D eigenvalue weighted by atomic mass is 79.9. The largest absolute Gasteiger partial charge is 0.298 e. The first-order chi connectivity index (χ1) is 4.00. The number of alkyl halides is 2. The Bertz CT molecular complexity index is 110. The summed E-state index contributed by atoms with van der Waals surface area (Å²) >= 11 is 6.60. The van der Waals surface area contributed by atoms with Gasteiger partial charge in [-0.3, -0.25) is 4.79 Å². The number of hydrogen-bond acceptors (Lipinski definition) is 1. The topological polar surface area (TPSA) is 17.1 Å². The van der Waals surface area contributed by atoms with Crippen molar-refractivity contribution in [3.05, 3.63) is 0 Å². The van der Waals surface area contributed by atoms with Crippen LogP contribution in [-0.2, 0) is 4.79 Å². The fraction of sp³-hybridized carbons (Fsp3) is 0.833. The van der Waals surface area contributed by atoms with Gasteiger partial charge >= 0.3 is 0 Å². The first-order valence-corrected chi connectivity index (χ1v) is 4.68. The lowest BCUT2D eigenvalue weighted by atomic mass is 10.1. The van der Waals surface area contributed by atoms with Gasteiger partial charge in [0.05, 0.1) is 4.32 Å². The summed E-state index contributed by atoms with van der Waals surface area (Å²) in [5, 5.41) is 0.855. The van der Waals surface area contributed by atoms with Gasteiger partial charge in [-0.05, 0) is 20.3 Å². The molecule has 1 unspecified atom stereocenters. The maximum atomic E-state index is 10.8. The van der Waals surface area contributed by atoms with Gasteiger partial charge in [0.2, 0.25) is 0 Å². The first kappa shape index (κ1) is 9.63. The Hall–Kier alpha value is 0.630. The highest BCUT2D eigenvalue weighted by Gasteiger charge is 2.24. The van der Waals surface area contributed by atoms with E-state index in [0.717, 1.165) is 11.8 Å². The Morgan fingerprint density at radius 1 is 1.67 bits per heavy atom. The normalized spacial score (nSPS) is 16.9. The van der Waals surface area contributed by atoms with Gasteiger partial charge in [-0.15, -0.1) is 0 Å². The quantitative estimate of drug-likeness (QED) is 0.711. The Balaban J connectivity index is 3.85. The molecule has 0 spiro atoms. The monoisotopic (exact) mass is 256 g/mol. The third-order valence-corrected chi connectivity index (χ3v) is 2.65. The molecule has 0 aromatic heterocycles. The zero-order chi connectivity index (χ0) is 7.49. The average Bonchev–Trinajstić information content (AvgIpc) is 1.65. The van der Waals surface area contributed by atoms with Crippen molar-refractivity contribution in [1.82, 2.24) is 0 Å². The van der Waals surface area contributed by atoms with Crippen molar-refractivity contribution in [2.24, 2.45) is 0 Å². The Kier molecular flexibility index (Phi) is 3.97. The minimum Gasteiger partial charge on any atom is -0.298 e. The number of ketones is 1. The summed E-state index contributed by atoms with van der Waals surface area (Å²) in [5.74, 6) is 0.182. The summed E-state index contributed by atoms with van der Waals surface area (Å²) in [5.41, 5.74) is 0. The zero-order valence-corrected chi connectivity index (χ0v) is 8.75. The molecule has 0 radical (unpaired) electrons. The molecule has 0 N–H and O–H groups in total. The van der Waals surface area contributed by atoms with Crippen molar-refractivity contribution in [3.63, 3.8) is 0 Å². The second-order valence-corrected chi connectivity index (χ2v) is 4.74. The maximum absolute atomic E-state index is 10.8. The molecule has 9 heavy (non-hydrogen) atoms. The lowest BCUT2D eigenvalue weighted by molar-refractivity contribution is -0.118. The Morgan fingerprint density at radius 2 is 2.11 bits per heavy atom. The number of hydrogen-bond donors (Lipinski definition) is 0. The third-order valence-electron chi connectivity index (χ3n) is 1.30. The average molecular weight is 258 g/mol. The molecule has 0 aliphatic heterocycles. The predicted octanol–water partition coefficient (Wildman–Crippen LogP) is 2.51.